The fraction of sp³-hybridized carbons (Fsp3) is 0.381. The van der Waals surface area contributed by atoms with E-state index in [0.717, 1.165) is 24.6 Å². The topological polar surface area (TPSA) is 232 Å². The second kappa shape index (κ2) is 19.5. The number of imidazole rings is 2. The van der Waals surface area contributed by atoms with Gasteiger partial charge in [-0.2, -0.15) is 5.10 Å². The lowest BCUT2D eigenvalue weighted by Gasteiger charge is -2.26. The molecule has 18 nitrogen and oxygen atoms in total. The number of aromatic nitrogens is 7. The number of amides is 4. The van der Waals surface area contributed by atoms with Crippen LogP contribution in [0.15, 0.2) is 41.3 Å². The van der Waals surface area contributed by atoms with Gasteiger partial charge in [-0.15, -0.1) is 23.1 Å². The van der Waals surface area contributed by atoms with Gasteiger partial charge in [-0.3, -0.25) is 39.4 Å². The first-order valence-electron chi connectivity index (χ1n) is 20.4. The third-order valence-electron chi connectivity index (χ3n) is 10.5. The second-order valence-corrected chi connectivity index (χ2v) is 16.7. The normalized spacial score (nSPS) is 13.4. The fourth-order valence-electron chi connectivity index (χ4n) is 7.42. The molecular formula is C42H49FN12O6S2. The minimum atomic E-state index is -0.772. The summed E-state index contributed by atoms with van der Waals surface area (Å²) in [6, 6.07) is 6.34. The number of rotatable bonds is 18. The van der Waals surface area contributed by atoms with Crippen molar-refractivity contribution in [1.82, 2.24) is 38.8 Å². The Kier molecular flexibility index (Phi) is 13.9. The molecule has 4 amide bonds. The van der Waals surface area contributed by atoms with Gasteiger partial charge in [0.25, 0.3) is 11.8 Å². The second-order valence-electron chi connectivity index (χ2n) is 14.7. The third kappa shape index (κ3) is 9.60. The zero-order valence-electron chi connectivity index (χ0n) is 35.6. The molecule has 2 aromatic carbocycles. The van der Waals surface area contributed by atoms with Gasteiger partial charge in [0.15, 0.2) is 11.5 Å². The first kappa shape index (κ1) is 44.9. The molecule has 0 unspecified atom stereocenters. The lowest BCUT2D eigenvalue weighted by atomic mass is 10.1. The molecule has 0 spiro atoms. The van der Waals surface area contributed by atoms with Crippen LogP contribution in [0.25, 0.3) is 22.1 Å². The van der Waals surface area contributed by atoms with E-state index < -0.39 is 23.5 Å². The summed E-state index contributed by atoms with van der Waals surface area (Å²) >= 11 is 2.69. The first-order valence-corrected chi connectivity index (χ1v) is 22.5. The molecule has 5 heterocycles. The van der Waals surface area contributed by atoms with Crippen LogP contribution < -0.4 is 26.8 Å². The molecule has 0 radical (unpaired) electrons. The van der Waals surface area contributed by atoms with Gasteiger partial charge in [0.2, 0.25) is 23.7 Å². The van der Waals surface area contributed by atoms with E-state index in [4.69, 9.17) is 30.9 Å². The zero-order chi connectivity index (χ0) is 44.9. The van der Waals surface area contributed by atoms with E-state index in [-0.39, 0.29) is 60.0 Å². The molecule has 1 saturated heterocycles. The number of carbonyl (C=O) groups excluding carboxylic acids is 4. The van der Waals surface area contributed by atoms with Crippen LogP contribution >= 0.6 is 23.1 Å². The fourth-order valence-corrected chi connectivity index (χ4v) is 8.98. The molecule has 6 aromatic rings. The number of nitrogens with zero attached hydrogens (tertiary/aromatic N) is 8. The minimum Gasteiger partial charge on any atom is -0.491 e. The molecule has 1 fully saturated rings. The van der Waals surface area contributed by atoms with E-state index in [0.29, 0.717) is 75.9 Å². The highest BCUT2D eigenvalue weighted by molar-refractivity contribution is 7.98. The van der Waals surface area contributed by atoms with Gasteiger partial charge in [-0.05, 0) is 64.1 Å². The minimum absolute atomic E-state index is 0.0524. The van der Waals surface area contributed by atoms with E-state index in [1.165, 1.54) is 40.8 Å². The summed E-state index contributed by atoms with van der Waals surface area (Å²) in [6.07, 6.45) is 6.80. The molecule has 4 aromatic heterocycles. The molecule has 6 N–H and O–H groups in total. The summed E-state index contributed by atoms with van der Waals surface area (Å²) in [7, 11) is 0. The maximum Gasteiger partial charge on any atom is 0.279 e. The number of fused-ring (bicyclic) bond motifs is 2. The summed E-state index contributed by atoms with van der Waals surface area (Å²) in [5.41, 5.74) is 14.2. The van der Waals surface area contributed by atoms with E-state index in [1.807, 2.05) is 36.8 Å². The van der Waals surface area contributed by atoms with Gasteiger partial charge in [0.05, 0.1) is 52.8 Å². The number of allylic oxidation sites excluding steroid dienone is 2. The SMILES string of the molecule is CCc1nc(C)sc1C(=O)Nc1nc2cc(C(N)=O)cc(SC)c2n1C/C=C/Cn1c(NC(=O)c2c(F)c(C)nn2CC)nc2cc(C(N)=O)cc(OCCCN3CCOCC3)c21. The van der Waals surface area contributed by atoms with Crippen molar-refractivity contribution in [2.75, 3.05) is 56.3 Å². The number of benzene rings is 2. The van der Waals surface area contributed by atoms with Gasteiger partial charge < -0.3 is 30.1 Å². The van der Waals surface area contributed by atoms with Crippen molar-refractivity contribution < 1.29 is 33.0 Å². The highest BCUT2D eigenvalue weighted by atomic mass is 32.2. The molecular weight excluding hydrogens is 852 g/mol. The highest BCUT2D eigenvalue weighted by Crippen LogP contribution is 2.34. The number of hydrogen-bond donors (Lipinski definition) is 4. The van der Waals surface area contributed by atoms with Crippen LogP contribution in [0.4, 0.5) is 16.3 Å². The number of anilines is 2. The average Bonchev–Trinajstić information content (AvgIpc) is 4.01. The molecule has 21 heteroatoms. The molecule has 1 aliphatic rings. The zero-order valence-corrected chi connectivity index (χ0v) is 37.3. The Bertz CT molecular complexity index is 2750. The van der Waals surface area contributed by atoms with Crippen molar-refractivity contribution in [2.24, 2.45) is 11.5 Å². The Labute approximate surface area is 370 Å². The summed E-state index contributed by atoms with van der Waals surface area (Å²) in [6.45, 7) is 11.6. The largest absolute Gasteiger partial charge is 0.491 e. The summed E-state index contributed by atoms with van der Waals surface area (Å²) in [5.74, 6) is -2.60. The maximum atomic E-state index is 15.3. The van der Waals surface area contributed by atoms with Crippen LogP contribution in [-0.2, 0) is 30.8 Å². The van der Waals surface area contributed by atoms with Gasteiger partial charge in [0.1, 0.15) is 16.1 Å². The number of thiazole rings is 1. The predicted octanol–water partition coefficient (Wildman–Crippen LogP) is 5.16. The number of nitrogens with two attached hydrogens (primary N) is 2. The van der Waals surface area contributed by atoms with Crippen molar-refractivity contribution in [3.8, 4) is 5.75 Å². The Balaban J connectivity index is 1.26. The number of primary amides is 2. The quantitative estimate of drug-likeness (QED) is 0.0498. The van der Waals surface area contributed by atoms with Crippen molar-refractivity contribution in [1.29, 1.82) is 0 Å². The van der Waals surface area contributed by atoms with E-state index in [2.05, 4.69) is 25.6 Å². The van der Waals surface area contributed by atoms with E-state index in [9.17, 15) is 19.2 Å². The Morgan fingerprint density at radius 3 is 2.14 bits per heavy atom. The number of carbonyl (C=O) groups is 4. The summed E-state index contributed by atoms with van der Waals surface area (Å²) in [5, 5.41) is 10.7. The van der Waals surface area contributed by atoms with Crippen LogP contribution in [0.1, 0.15) is 77.5 Å². The first-order chi connectivity index (χ1) is 30.3. The Morgan fingerprint density at radius 2 is 1.52 bits per heavy atom. The highest BCUT2D eigenvalue weighted by Gasteiger charge is 2.26. The van der Waals surface area contributed by atoms with Gasteiger partial charge in [-0.1, -0.05) is 19.1 Å². The number of aryl methyl sites for hydroxylation is 4. The number of ether oxygens (including phenoxy) is 2. The van der Waals surface area contributed by atoms with Crippen molar-refractivity contribution in [3.63, 3.8) is 0 Å². The smallest absolute Gasteiger partial charge is 0.279 e. The Hall–Kier alpha value is -6.16. The average molecular weight is 901 g/mol. The van der Waals surface area contributed by atoms with Crippen molar-refractivity contribution in [3.05, 3.63) is 80.3 Å². The van der Waals surface area contributed by atoms with Crippen LogP contribution in [-0.4, -0.2) is 108 Å². The van der Waals surface area contributed by atoms with Gasteiger partial charge >= 0.3 is 0 Å². The van der Waals surface area contributed by atoms with Crippen LogP contribution in [0, 0.1) is 19.7 Å². The van der Waals surface area contributed by atoms with Gasteiger partial charge in [0, 0.05) is 55.3 Å². The molecule has 0 saturated carbocycles. The van der Waals surface area contributed by atoms with E-state index in [1.54, 1.807) is 29.7 Å². The van der Waals surface area contributed by atoms with Crippen LogP contribution in [0.2, 0.25) is 0 Å². The number of morpholine rings is 1. The maximum absolute atomic E-state index is 15.3. The number of nitrogens with one attached hydrogen (secondary N) is 2. The standard InChI is InChI=1S/C42H49FN12O6S2/c1-6-27-36(63-24(4)46-27)40(59)50-42-48-29-20-26(38(45)57)22-31(62-5)34(29)54(42)13-9-8-12-53-33-28(47-41(53)49-39(58)35-32(43)23(3)51-55(35)7-2)19-25(37(44)56)21-30(33)61-16-10-11-52-14-17-60-18-15-52/h8-9,19-22H,6-7,10-18H2,1-5H3,(H2,44,56)(H2,45,57)(H,47,49,58)(H,48,50,59)/b9-8+. The molecule has 0 bridgehead atoms. The molecule has 332 valence electrons. The lowest BCUT2D eigenvalue weighted by Crippen LogP contribution is -2.37. The van der Waals surface area contributed by atoms with Crippen LogP contribution in [0.5, 0.6) is 5.75 Å². The Morgan fingerprint density at radius 1 is 0.905 bits per heavy atom. The predicted molar refractivity (Wildman–Crippen MR) is 240 cm³/mol. The lowest BCUT2D eigenvalue weighted by molar-refractivity contribution is 0.0358. The third-order valence-corrected chi connectivity index (χ3v) is 12.3. The van der Waals surface area contributed by atoms with Crippen LogP contribution in [0.3, 0.4) is 0 Å². The number of hydrogen-bond acceptors (Lipinski definition) is 13. The molecule has 0 atom stereocenters. The molecule has 0 aliphatic carbocycles. The molecule has 63 heavy (non-hydrogen) atoms. The summed E-state index contributed by atoms with van der Waals surface area (Å²) in [4.78, 5) is 69.8. The monoisotopic (exact) mass is 900 g/mol. The number of thioether (sulfide) groups is 1. The molecule has 1 aliphatic heterocycles. The number of halogens is 1. The van der Waals surface area contributed by atoms with Crippen molar-refractivity contribution in [2.45, 2.75) is 65.1 Å². The van der Waals surface area contributed by atoms with E-state index >= 15 is 4.39 Å². The van der Waals surface area contributed by atoms with Crippen molar-refractivity contribution >= 4 is 80.7 Å². The summed E-state index contributed by atoms with van der Waals surface area (Å²) < 4.78 is 31.9. The van der Waals surface area contributed by atoms with Gasteiger partial charge in [-0.25, -0.2) is 19.3 Å². The molecule has 7 rings (SSSR count).